The van der Waals surface area contributed by atoms with Crippen LogP contribution in [0.1, 0.15) is 10.4 Å². The van der Waals surface area contributed by atoms with Gasteiger partial charge in [-0.3, -0.25) is 4.79 Å². The van der Waals surface area contributed by atoms with Crippen molar-refractivity contribution in [1.29, 1.82) is 0 Å². The number of carbonyl (C=O) groups excluding carboxylic acids is 1. The summed E-state index contributed by atoms with van der Waals surface area (Å²) in [6.07, 6.45) is 0. The number of carbonyl (C=O) groups is 1. The molecule has 7 heteroatoms. The van der Waals surface area contributed by atoms with Crippen molar-refractivity contribution in [3.05, 3.63) is 52.8 Å². The SMILES string of the molecule is CN(C)c1nc2c(C(=O)Nc3ccc(F)c(Cl)c3)cccc2[nH]1. The van der Waals surface area contributed by atoms with E-state index in [-0.39, 0.29) is 10.9 Å². The molecule has 2 N–H and O–H groups in total. The summed E-state index contributed by atoms with van der Waals surface area (Å²) < 4.78 is 13.2. The quantitative estimate of drug-likeness (QED) is 0.769. The van der Waals surface area contributed by atoms with E-state index in [1.54, 1.807) is 12.1 Å². The zero-order valence-electron chi connectivity index (χ0n) is 12.5. The summed E-state index contributed by atoms with van der Waals surface area (Å²) in [5.74, 6) is -0.213. The largest absolute Gasteiger partial charge is 0.349 e. The molecule has 0 aliphatic rings. The third-order valence-corrected chi connectivity index (χ3v) is 3.64. The van der Waals surface area contributed by atoms with Gasteiger partial charge in [-0.1, -0.05) is 17.7 Å². The molecule has 5 nitrogen and oxygen atoms in total. The molecule has 118 valence electrons. The van der Waals surface area contributed by atoms with Crippen LogP contribution < -0.4 is 10.2 Å². The molecule has 0 atom stereocenters. The molecule has 0 unspecified atom stereocenters. The highest BCUT2D eigenvalue weighted by molar-refractivity contribution is 6.31. The maximum absolute atomic E-state index is 13.2. The molecule has 0 fully saturated rings. The molecule has 0 spiro atoms. The molecule has 0 saturated heterocycles. The Labute approximate surface area is 137 Å². The Balaban J connectivity index is 1.95. The molecular weight excluding hydrogens is 319 g/mol. The lowest BCUT2D eigenvalue weighted by Gasteiger charge is -2.07. The van der Waals surface area contributed by atoms with Crippen LogP contribution in [0, 0.1) is 5.82 Å². The molecular formula is C16H14ClFN4O. The number of aromatic nitrogens is 2. The van der Waals surface area contributed by atoms with Crippen molar-refractivity contribution >= 4 is 40.2 Å². The molecule has 0 aliphatic heterocycles. The number of nitrogens with one attached hydrogen (secondary N) is 2. The first-order chi connectivity index (χ1) is 11.0. The fourth-order valence-electron chi connectivity index (χ4n) is 2.19. The number of benzene rings is 2. The molecule has 0 saturated carbocycles. The van der Waals surface area contributed by atoms with Crippen molar-refractivity contribution in [3.8, 4) is 0 Å². The third kappa shape index (κ3) is 2.98. The maximum Gasteiger partial charge on any atom is 0.257 e. The molecule has 1 aromatic heterocycles. The van der Waals surface area contributed by atoms with Gasteiger partial charge in [-0.15, -0.1) is 0 Å². The molecule has 0 radical (unpaired) electrons. The number of para-hydroxylation sites is 1. The summed E-state index contributed by atoms with van der Waals surface area (Å²) in [7, 11) is 3.72. The smallest absolute Gasteiger partial charge is 0.257 e. The summed E-state index contributed by atoms with van der Waals surface area (Å²) in [6, 6.07) is 9.33. The Bertz CT molecular complexity index is 891. The van der Waals surface area contributed by atoms with Crippen LogP contribution in [-0.2, 0) is 0 Å². The Morgan fingerprint density at radius 3 is 2.78 bits per heavy atom. The topological polar surface area (TPSA) is 61.0 Å². The molecule has 1 heterocycles. The fraction of sp³-hybridized carbons (Fsp3) is 0.125. The van der Waals surface area contributed by atoms with Gasteiger partial charge in [0.2, 0.25) is 5.95 Å². The van der Waals surface area contributed by atoms with Crippen LogP contribution in [-0.4, -0.2) is 30.0 Å². The van der Waals surface area contributed by atoms with Crippen LogP contribution in [0.5, 0.6) is 0 Å². The van der Waals surface area contributed by atoms with E-state index in [1.165, 1.54) is 18.2 Å². The average molecular weight is 333 g/mol. The maximum atomic E-state index is 13.2. The number of rotatable bonds is 3. The number of amides is 1. The molecule has 0 bridgehead atoms. The number of fused-ring (bicyclic) bond motifs is 1. The second-order valence-electron chi connectivity index (χ2n) is 5.24. The first-order valence-electron chi connectivity index (χ1n) is 6.88. The van der Waals surface area contributed by atoms with Crippen LogP contribution in [0.15, 0.2) is 36.4 Å². The number of anilines is 2. The highest BCUT2D eigenvalue weighted by atomic mass is 35.5. The Hall–Kier alpha value is -2.60. The average Bonchev–Trinajstić information content (AvgIpc) is 2.95. The standard InChI is InChI=1S/C16H14ClFN4O/c1-22(2)16-20-13-5-3-4-10(14(13)21-16)15(23)19-9-6-7-12(18)11(17)8-9/h3-8H,1-2H3,(H,19,23)(H,20,21). The molecule has 1 amide bonds. The van der Waals surface area contributed by atoms with Gasteiger partial charge in [0.15, 0.2) is 0 Å². The highest BCUT2D eigenvalue weighted by Crippen LogP contribution is 2.23. The second-order valence-corrected chi connectivity index (χ2v) is 5.65. The van der Waals surface area contributed by atoms with Crippen molar-refractivity contribution in [1.82, 2.24) is 9.97 Å². The number of nitrogens with zero attached hydrogens (tertiary/aromatic N) is 2. The highest BCUT2D eigenvalue weighted by Gasteiger charge is 2.15. The molecule has 2 aromatic carbocycles. The number of halogens is 2. The number of hydrogen-bond donors (Lipinski definition) is 2. The number of aromatic amines is 1. The molecule has 23 heavy (non-hydrogen) atoms. The van der Waals surface area contributed by atoms with E-state index in [4.69, 9.17) is 11.6 Å². The van der Waals surface area contributed by atoms with E-state index in [2.05, 4.69) is 15.3 Å². The zero-order valence-corrected chi connectivity index (χ0v) is 13.3. The van der Waals surface area contributed by atoms with Gasteiger partial charge >= 0.3 is 0 Å². The molecule has 0 aliphatic carbocycles. The second kappa shape index (κ2) is 5.89. The van der Waals surface area contributed by atoms with E-state index in [1.807, 2.05) is 25.1 Å². The molecule has 3 aromatic rings. The van der Waals surface area contributed by atoms with Crippen LogP contribution in [0.25, 0.3) is 11.0 Å². The van der Waals surface area contributed by atoms with E-state index in [0.29, 0.717) is 22.7 Å². The third-order valence-electron chi connectivity index (χ3n) is 3.35. The predicted octanol–water partition coefficient (Wildman–Crippen LogP) is 3.67. The van der Waals surface area contributed by atoms with Gasteiger partial charge in [0, 0.05) is 19.8 Å². The zero-order chi connectivity index (χ0) is 16.6. The van der Waals surface area contributed by atoms with Gasteiger partial charge in [-0.25, -0.2) is 9.37 Å². The monoisotopic (exact) mass is 332 g/mol. The van der Waals surface area contributed by atoms with Crippen molar-refractivity contribution in [2.24, 2.45) is 0 Å². The van der Waals surface area contributed by atoms with Crippen LogP contribution in [0.4, 0.5) is 16.0 Å². The Morgan fingerprint density at radius 1 is 1.30 bits per heavy atom. The van der Waals surface area contributed by atoms with Gasteiger partial charge in [-0.05, 0) is 30.3 Å². The number of H-pyrrole nitrogens is 1. The van der Waals surface area contributed by atoms with E-state index in [9.17, 15) is 9.18 Å². The van der Waals surface area contributed by atoms with Crippen LogP contribution in [0.2, 0.25) is 5.02 Å². The van der Waals surface area contributed by atoms with Gasteiger partial charge in [-0.2, -0.15) is 0 Å². The summed E-state index contributed by atoms with van der Waals surface area (Å²) in [6.45, 7) is 0. The number of imidazole rings is 1. The summed E-state index contributed by atoms with van der Waals surface area (Å²) in [5.41, 5.74) is 2.18. The lowest BCUT2D eigenvalue weighted by atomic mass is 10.1. The van der Waals surface area contributed by atoms with Crippen molar-refractivity contribution in [3.63, 3.8) is 0 Å². The van der Waals surface area contributed by atoms with Crippen molar-refractivity contribution < 1.29 is 9.18 Å². The van der Waals surface area contributed by atoms with Crippen LogP contribution in [0.3, 0.4) is 0 Å². The Kier molecular flexibility index (Phi) is 3.92. The lowest BCUT2D eigenvalue weighted by molar-refractivity contribution is 0.102. The first kappa shape index (κ1) is 15.3. The first-order valence-corrected chi connectivity index (χ1v) is 7.26. The van der Waals surface area contributed by atoms with Gasteiger partial charge in [0.25, 0.3) is 5.91 Å². The van der Waals surface area contributed by atoms with E-state index < -0.39 is 5.82 Å². The van der Waals surface area contributed by atoms with Crippen molar-refractivity contribution in [2.75, 3.05) is 24.3 Å². The summed E-state index contributed by atoms with van der Waals surface area (Å²) in [5, 5.41) is 2.65. The lowest BCUT2D eigenvalue weighted by Crippen LogP contribution is -2.13. The van der Waals surface area contributed by atoms with Crippen molar-refractivity contribution in [2.45, 2.75) is 0 Å². The minimum Gasteiger partial charge on any atom is -0.349 e. The summed E-state index contributed by atoms with van der Waals surface area (Å²) >= 11 is 5.73. The number of hydrogen-bond acceptors (Lipinski definition) is 3. The predicted molar refractivity (Wildman–Crippen MR) is 89.8 cm³/mol. The van der Waals surface area contributed by atoms with Gasteiger partial charge in [0.05, 0.1) is 16.1 Å². The van der Waals surface area contributed by atoms with E-state index >= 15 is 0 Å². The van der Waals surface area contributed by atoms with E-state index in [0.717, 1.165) is 5.52 Å². The normalized spacial score (nSPS) is 10.8. The fourth-order valence-corrected chi connectivity index (χ4v) is 2.37. The minimum absolute atomic E-state index is 0.0457. The minimum atomic E-state index is -0.533. The van der Waals surface area contributed by atoms with Gasteiger partial charge in [0.1, 0.15) is 11.3 Å². The Morgan fingerprint density at radius 2 is 2.09 bits per heavy atom. The van der Waals surface area contributed by atoms with Crippen LogP contribution >= 0.6 is 11.6 Å². The van der Waals surface area contributed by atoms with Gasteiger partial charge < -0.3 is 15.2 Å². The molecule has 3 rings (SSSR count). The summed E-state index contributed by atoms with van der Waals surface area (Å²) in [4.78, 5) is 21.9.